The highest BCUT2D eigenvalue weighted by Gasteiger charge is 2.22. The Morgan fingerprint density at radius 3 is 2.00 bits per heavy atom. The molecule has 1 aromatic rings. The van der Waals surface area contributed by atoms with E-state index in [0.717, 1.165) is 32.1 Å². The number of rotatable bonds is 18. The fourth-order valence-electron chi connectivity index (χ4n) is 3.41. The third kappa shape index (κ3) is 14.3. The van der Waals surface area contributed by atoms with Gasteiger partial charge in [-0.2, -0.15) is 0 Å². The number of carbonyl (C=O) groups is 4. The van der Waals surface area contributed by atoms with Gasteiger partial charge in [0.15, 0.2) is 11.5 Å². The van der Waals surface area contributed by atoms with E-state index in [4.69, 9.17) is 29.4 Å². The van der Waals surface area contributed by atoms with Gasteiger partial charge in [0.05, 0.1) is 6.61 Å². The van der Waals surface area contributed by atoms with Crippen LogP contribution in [0, 0.1) is 11.8 Å². The van der Waals surface area contributed by atoms with Crippen molar-refractivity contribution in [2.45, 2.75) is 105 Å². The molecule has 0 saturated heterocycles. The van der Waals surface area contributed by atoms with Crippen LogP contribution in [0.2, 0.25) is 0 Å². The van der Waals surface area contributed by atoms with Gasteiger partial charge in [0, 0.05) is 12.8 Å². The lowest BCUT2D eigenvalue weighted by atomic mass is 10.0. The number of esters is 3. The fraction of sp³-hybridized carbons (Fsp3) is 0.667. The second-order valence-electron chi connectivity index (χ2n) is 10.3. The molecule has 0 bridgehead atoms. The summed E-state index contributed by atoms with van der Waals surface area (Å²) in [6.07, 6.45) is 3.33. The van der Waals surface area contributed by atoms with E-state index in [-0.39, 0.29) is 55.8 Å². The Morgan fingerprint density at radius 1 is 0.825 bits per heavy atom. The Labute approximate surface area is 238 Å². The predicted molar refractivity (Wildman–Crippen MR) is 150 cm³/mol. The Morgan fingerprint density at radius 2 is 1.43 bits per heavy atom. The second kappa shape index (κ2) is 19.0. The highest BCUT2D eigenvalue weighted by molar-refractivity contribution is 5.77. The molecule has 1 aromatic carbocycles. The van der Waals surface area contributed by atoms with Gasteiger partial charge in [-0.05, 0) is 49.3 Å². The molecular formula is C30H47NO9. The third-order valence-electron chi connectivity index (χ3n) is 6.36. The van der Waals surface area contributed by atoms with Gasteiger partial charge < -0.3 is 29.4 Å². The van der Waals surface area contributed by atoms with E-state index in [1.54, 1.807) is 13.0 Å². The number of nitrogens with two attached hydrogens (primary N) is 1. The Kier molecular flexibility index (Phi) is 16.6. The minimum atomic E-state index is -1.03. The summed E-state index contributed by atoms with van der Waals surface area (Å²) >= 11 is 0. The predicted octanol–water partition coefficient (Wildman–Crippen LogP) is 5.51. The number of ether oxygens (including phenoxy) is 5. The van der Waals surface area contributed by atoms with Gasteiger partial charge in [0.25, 0.3) is 0 Å². The van der Waals surface area contributed by atoms with E-state index in [0.29, 0.717) is 5.56 Å². The highest BCUT2D eigenvalue weighted by Crippen LogP contribution is 2.30. The molecule has 2 unspecified atom stereocenters. The fourth-order valence-corrected chi connectivity index (χ4v) is 3.41. The number of unbranched alkanes of at least 4 members (excludes halogenated alkanes) is 2. The maximum atomic E-state index is 12.5. The van der Waals surface area contributed by atoms with E-state index in [1.165, 1.54) is 12.1 Å². The number of hydrogen-bond acceptors (Lipinski definition) is 10. The van der Waals surface area contributed by atoms with Crippen molar-refractivity contribution in [1.82, 2.24) is 0 Å². The minimum absolute atomic E-state index is 0.0740. The van der Waals surface area contributed by atoms with Gasteiger partial charge in [-0.25, -0.2) is 4.79 Å². The molecule has 0 aliphatic carbocycles. The number of hydrogen-bond donors (Lipinski definition) is 1. The van der Waals surface area contributed by atoms with Crippen molar-refractivity contribution >= 4 is 24.1 Å². The van der Waals surface area contributed by atoms with Gasteiger partial charge in [-0.3, -0.25) is 14.4 Å². The van der Waals surface area contributed by atoms with Crippen molar-refractivity contribution in [2.24, 2.45) is 17.6 Å². The zero-order valence-electron chi connectivity index (χ0n) is 24.9. The molecule has 0 spiro atoms. The molecule has 0 aliphatic rings. The quantitative estimate of drug-likeness (QED) is 0.137. The summed E-state index contributed by atoms with van der Waals surface area (Å²) in [6.45, 7) is 11.6. The Bertz CT molecular complexity index is 949. The zero-order chi connectivity index (χ0) is 30.1. The molecule has 0 radical (unpaired) electrons. The largest absolute Gasteiger partial charge is 0.508 e. The molecule has 40 heavy (non-hydrogen) atoms. The summed E-state index contributed by atoms with van der Waals surface area (Å²) in [6, 6.07) is 3.67. The van der Waals surface area contributed by atoms with Crippen molar-refractivity contribution in [3.8, 4) is 11.5 Å². The molecule has 0 heterocycles. The lowest BCUT2D eigenvalue weighted by Gasteiger charge is -2.17. The van der Waals surface area contributed by atoms with Crippen LogP contribution >= 0.6 is 0 Å². The first kappa shape index (κ1) is 34.9. The van der Waals surface area contributed by atoms with E-state index in [9.17, 15) is 19.2 Å². The molecule has 10 heteroatoms. The van der Waals surface area contributed by atoms with E-state index >= 15 is 0 Å². The van der Waals surface area contributed by atoms with Gasteiger partial charge >= 0.3 is 24.1 Å². The maximum Gasteiger partial charge on any atom is 0.508 e. The summed E-state index contributed by atoms with van der Waals surface area (Å²) in [5.74, 6) is -1.08. The van der Waals surface area contributed by atoms with E-state index in [2.05, 4.69) is 0 Å². The van der Waals surface area contributed by atoms with Crippen LogP contribution in [0.25, 0.3) is 0 Å². The van der Waals surface area contributed by atoms with Crippen LogP contribution in [0.4, 0.5) is 4.79 Å². The molecule has 0 aliphatic heterocycles. The van der Waals surface area contributed by atoms with Crippen molar-refractivity contribution < 1.29 is 42.9 Å². The van der Waals surface area contributed by atoms with Crippen molar-refractivity contribution in [3.63, 3.8) is 0 Å². The molecular weight excluding hydrogens is 518 g/mol. The van der Waals surface area contributed by atoms with Gasteiger partial charge in [0.2, 0.25) is 0 Å². The van der Waals surface area contributed by atoms with Gasteiger partial charge in [-0.15, -0.1) is 0 Å². The van der Waals surface area contributed by atoms with Gasteiger partial charge in [0.1, 0.15) is 18.8 Å². The van der Waals surface area contributed by atoms with Crippen molar-refractivity contribution in [1.29, 1.82) is 0 Å². The lowest BCUT2D eigenvalue weighted by molar-refractivity contribution is -0.148. The smallest absolute Gasteiger partial charge is 0.461 e. The molecule has 0 saturated carbocycles. The average molecular weight is 566 g/mol. The first-order valence-electron chi connectivity index (χ1n) is 14.3. The van der Waals surface area contributed by atoms with Crippen LogP contribution in [0.1, 0.15) is 92.1 Å². The standard InChI is InChI=1S/C30H47NO9/c1-7-10-11-14-36-30(35)38-22(6)19-37-29(34)24(31)17-23-12-13-25(39-27(32)15-20(4)8-2)26(18-23)40-28(33)16-21(5)9-3/h12-13,18,20-22,24H,7-11,14-17,19,31H2,1-6H3/t20?,21?,22-,24-/m0/s1. The third-order valence-corrected chi connectivity index (χ3v) is 6.36. The van der Waals surface area contributed by atoms with Crippen molar-refractivity contribution in [2.75, 3.05) is 13.2 Å². The number of carbonyl (C=O) groups excluding carboxylic acids is 4. The molecule has 1 rings (SSSR count). The number of benzene rings is 1. The summed E-state index contributed by atoms with van der Waals surface area (Å²) in [7, 11) is 0. The van der Waals surface area contributed by atoms with Crippen LogP contribution < -0.4 is 15.2 Å². The SMILES string of the molecule is CCCCCOC(=O)O[C@@H](C)COC(=O)[C@@H](N)Cc1ccc(OC(=O)CC(C)CC)c(OC(=O)CC(C)CC)c1. The maximum absolute atomic E-state index is 12.5. The first-order chi connectivity index (χ1) is 19.0. The zero-order valence-corrected chi connectivity index (χ0v) is 24.9. The molecule has 4 atom stereocenters. The van der Waals surface area contributed by atoms with Crippen LogP contribution in [-0.2, 0) is 35.0 Å². The topological polar surface area (TPSA) is 140 Å². The molecule has 0 fully saturated rings. The monoisotopic (exact) mass is 565 g/mol. The first-order valence-corrected chi connectivity index (χ1v) is 14.3. The van der Waals surface area contributed by atoms with Crippen LogP contribution in [-0.4, -0.2) is 49.4 Å². The summed E-state index contributed by atoms with van der Waals surface area (Å²) in [5, 5.41) is 0. The summed E-state index contributed by atoms with van der Waals surface area (Å²) < 4.78 is 26.3. The molecule has 2 N–H and O–H groups in total. The Balaban J connectivity index is 2.79. The second-order valence-corrected chi connectivity index (χ2v) is 10.3. The molecule has 10 nitrogen and oxygen atoms in total. The van der Waals surface area contributed by atoms with Gasteiger partial charge in [-0.1, -0.05) is 66.4 Å². The van der Waals surface area contributed by atoms with E-state index < -0.39 is 36.2 Å². The minimum Gasteiger partial charge on any atom is -0.461 e. The van der Waals surface area contributed by atoms with Crippen LogP contribution in [0.15, 0.2) is 18.2 Å². The molecule has 226 valence electrons. The lowest BCUT2D eigenvalue weighted by Crippen LogP contribution is -2.36. The summed E-state index contributed by atoms with van der Waals surface area (Å²) in [4.78, 5) is 49.1. The average Bonchev–Trinajstić information content (AvgIpc) is 2.90. The van der Waals surface area contributed by atoms with Crippen LogP contribution in [0.5, 0.6) is 11.5 Å². The van der Waals surface area contributed by atoms with Crippen LogP contribution in [0.3, 0.4) is 0 Å². The van der Waals surface area contributed by atoms with Crippen molar-refractivity contribution in [3.05, 3.63) is 23.8 Å². The summed E-state index contributed by atoms with van der Waals surface area (Å²) in [5.41, 5.74) is 6.64. The molecule has 0 aromatic heterocycles. The normalized spacial score (nSPS) is 13.9. The Hall–Kier alpha value is -3.14. The highest BCUT2D eigenvalue weighted by atomic mass is 16.7. The van der Waals surface area contributed by atoms with E-state index in [1.807, 2.05) is 34.6 Å². The molecule has 0 amide bonds.